The van der Waals surface area contributed by atoms with E-state index in [1.165, 1.54) is 19.3 Å². The molecule has 6 nitrogen and oxygen atoms in total. The van der Waals surface area contributed by atoms with Crippen LogP contribution in [0.5, 0.6) is 0 Å². The average Bonchev–Trinajstić information content (AvgIpc) is 2.68. The minimum absolute atomic E-state index is 0.143. The van der Waals surface area contributed by atoms with Gasteiger partial charge >= 0.3 is 6.01 Å². The molecule has 2 rings (SSSR count). The first kappa shape index (κ1) is 13.3. The number of rotatable bonds is 3. The summed E-state index contributed by atoms with van der Waals surface area (Å²) in [4.78, 5) is 3.24. The van der Waals surface area contributed by atoms with Crippen LogP contribution in [0.3, 0.4) is 0 Å². The van der Waals surface area contributed by atoms with Gasteiger partial charge in [0.05, 0.1) is 5.69 Å². The number of nitrogens with two attached hydrogens (primary N) is 1. The highest BCUT2D eigenvalue weighted by molar-refractivity contribution is 7.92. The highest BCUT2D eigenvalue weighted by Crippen LogP contribution is 2.23. The average molecular weight is 285 g/mol. The van der Waals surface area contributed by atoms with Crippen molar-refractivity contribution < 1.29 is 17.2 Å². The molecule has 0 radical (unpaired) electrons. The predicted molar refractivity (Wildman–Crippen MR) is 67.6 cm³/mol. The quantitative estimate of drug-likeness (QED) is 0.838. The van der Waals surface area contributed by atoms with E-state index < -0.39 is 20.7 Å². The number of nitrogens with one attached hydrogen (secondary N) is 1. The molecule has 1 heterocycles. The number of sulfonamides is 1. The van der Waals surface area contributed by atoms with Gasteiger partial charge in [-0.05, 0) is 31.5 Å². The van der Waals surface area contributed by atoms with Crippen LogP contribution in [0.25, 0.3) is 0 Å². The molecule has 3 N–H and O–H groups in total. The highest BCUT2D eigenvalue weighted by Gasteiger charge is 2.23. The van der Waals surface area contributed by atoms with E-state index in [1.54, 1.807) is 6.92 Å². The molecule has 2 aromatic rings. The lowest BCUT2D eigenvalue weighted by atomic mass is 10.2. The van der Waals surface area contributed by atoms with Crippen LogP contribution in [0.4, 0.5) is 16.1 Å². The number of nitrogens with zero attached hydrogens (tertiary/aromatic N) is 1. The van der Waals surface area contributed by atoms with Crippen LogP contribution >= 0.6 is 0 Å². The molecular weight excluding hydrogens is 273 g/mol. The Balaban J connectivity index is 2.45. The molecule has 102 valence electrons. The second-order valence-electron chi connectivity index (χ2n) is 4.05. The van der Waals surface area contributed by atoms with Crippen LogP contribution in [-0.2, 0) is 10.0 Å². The molecule has 0 amide bonds. The molecule has 8 heteroatoms. The van der Waals surface area contributed by atoms with Gasteiger partial charge in [0.1, 0.15) is 17.0 Å². The van der Waals surface area contributed by atoms with Crippen molar-refractivity contribution >= 4 is 21.7 Å². The number of aromatic nitrogens is 1. The van der Waals surface area contributed by atoms with E-state index in [0.717, 1.165) is 6.07 Å². The third-order valence-electron chi connectivity index (χ3n) is 2.37. The summed E-state index contributed by atoms with van der Waals surface area (Å²) < 4.78 is 44.8. The lowest BCUT2D eigenvalue weighted by molar-refractivity contribution is 0.556. The summed E-state index contributed by atoms with van der Waals surface area (Å²) in [6.45, 7) is 3.06. The summed E-state index contributed by atoms with van der Waals surface area (Å²) in [5, 5.41) is 0. The molecule has 0 spiro atoms. The Hall–Kier alpha value is -2.09. The number of hydrogen-bond donors (Lipinski definition) is 2. The van der Waals surface area contributed by atoms with Gasteiger partial charge in [0.2, 0.25) is 0 Å². The van der Waals surface area contributed by atoms with Crippen molar-refractivity contribution in [1.82, 2.24) is 4.98 Å². The Bertz CT molecular complexity index is 725. The third-order valence-corrected chi connectivity index (χ3v) is 3.69. The zero-order valence-electron chi connectivity index (χ0n) is 10.3. The number of nitrogen functional groups attached to an aromatic ring is 1. The Kier molecular flexibility index (Phi) is 3.19. The maximum Gasteiger partial charge on any atom is 0.309 e. The van der Waals surface area contributed by atoms with Gasteiger partial charge in [-0.2, -0.15) is 4.98 Å². The molecule has 0 atom stereocenters. The fraction of sp³-hybridized carbons (Fsp3) is 0.182. The van der Waals surface area contributed by atoms with Crippen LogP contribution in [0.1, 0.15) is 11.3 Å². The number of benzene rings is 1. The van der Waals surface area contributed by atoms with E-state index >= 15 is 0 Å². The van der Waals surface area contributed by atoms with Crippen LogP contribution in [0, 0.1) is 19.7 Å². The molecule has 0 aliphatic carbocycles. The van der Waals surface area contributed by atoms with Crippen LogP contribution < -0.4 is 10.5 Å². The van der Waals surface area contributed by atoms with Crippen molar-refractivity contribution in [2.24, 2.45) is 0 Å². The lowest BCUT2D eigenvalue weighted by Crippen LogP contribution is -2.16. The molecule has 0 saturated carbocycles. The molecular formula is C11H12FN3O3S. The van der Waals surface area contributed by atoms with Crippen molar-refractivity contribution in [1.29, 1.82) is 0 Å². The minimum Gasteiger partial charge on any atom is -0.431 e. The number of halogens is 1. The first-order valence-electron chi connectivity index (χ1n) is 5.30. The molecule has 0 fully saturated rings. The SMILES string of the molecule is Cc1coc(NS(=O)(=O)c2cc(N)cc(C)c2F)n1. The summed E-state index contributed by atoms with van der Waals surface area (Å²) in [6, 6.07) is 2.17. The molecule has 0 aliphatic rings. The first-order chi connectivity index (χ1) is 8.79. The van der Waals surface area contributed by atoms with Crippen molar-refractivity contribution in [2.75, 3.05) is 10.5 Å². The van der Waals surface area contributed by atoms with Gasteiger partial charge in [-0.15, -0.1) is 0 Å². The standard InChI is InChI=1S/C11H12FN3O3S/c1-6-3-8(13)4-9(10(6)12)19(16,17)15-11-14-7(2)5-18-11/h3-5H,13H2,1-2H3,(H,14,15). The Morgan fingerprint density at radius 2 is 2.05 bits per heavy atom. The van der Waals surface area contributed by atoms with Crippen molar-refractivity contribution in [3.8, 4) is 0 Å². The molecule has 0 bridgehead atoms. The lowest BCUT2D eigenvalue weighted by Gasteiger charge is -2.08. The van der Waals surface area contributed by atoms with E-state index in [4.69, 9.17) is 10.2 Å². The highest BCUT2D eigenvalue weighted by atomic mass is 32.2. The first-order valence-corrected chi connectivity index (χ1v) is 6.78. The van der Waals surface area contributed by atoms with Crippen molar-refractivity contribution in [2.45, 2.75) is 18.7 Å². The van der Waals surface area contributed by atoms with Gasteiger partial charge in [-0.1, -0.05) is 0 Å². The minimum atomic E-state index is -4.14. The third kappa shape index (κ3) is 2.68. The normalized spacial score (nSPS) is 11.5. The van der Waals surface area contributed by atoms with Gasteiger partial charge in [0.15, 0.2) is 0 Å². The zero-order chi connectivity index (χ0) is 14.2. The van der Waals surface area contributed by atoms with Crippen LogP contribution in [-0.4, -0.2) is 13.4 Å². The van der Waals surface area contributed by atoms with Gasteiger partial charge in [0, 0.05) is 5.69 Å². The summed E-state index contributed by atoms with van der Waals surface area (Å²) in [5.74, 6) is -0.857. The van der Waals surface area contributed by atoms with E-state index in [-0.39, 0.29) is 17.3 Å². The Morgan fingerprint density at radius 1 is 1.37 bits per heavy atom. The van der Waals surface area contributed by atoms with E-state index in [2.05, 4.69) is 4.98 Å². The molecule has 1 aromatic carbocycles. The Morgan fingerprint density at radius 3 is 2.63 bits per heavy atom. The van der Waals surface area contributed by atoms with Gasteiger partial charge in [0.25, 0.3) is 10.0 Å². The van der Waals surface area contributed by atoms with Crippen molar-refractivity contribution in [3.05, 3.63) is 35.5 Å². The van der Waals surface area contributed by atoms with Gasteiger partial charge in [-0.25, -0.2) is 17.5 Å². The summed E-state index contributed by atoms with van der Waals surface area (Å²) >= 11 is 0. The smallest absolute Gasteiger partial charge is 0.309 e. The van der Waals surface area contributed by atoms with Crippen LogP contribution in [0.15, 0.2) is 27.7 Å². The van der Waals surface area contributed by atoms with E-state index in [0.29, 0.717) is 5.69 Å². The number of aryl methyl sites for hydroxylation is 2. The zero-order valence-corrected chi connectivity index (χ0v) is 11.1. The molecule has 1 aromatic heterocycles. The fourth-order valence-corrected chi connectivity index (χ4v) is 2.65. The van der Waals surface area contributed by atoms with Gasteiger partial charge < -0.3 is 10.2 Å². The molecule has 0 aliphatic heterocycles. The van der Waals surface area contributed by atoms with Crippen molar-refractivity contribution in [3.63, 3.8) is 0 Å². The Labute approximate surface area is 109 Å². The second-order valence-corrected chi connectivity index (χ2v) is 5.70. The number of oxazole rings is 1. The summed E-state index contributed by atoms with van der Waals surface area (Å²) in [7, 11) is -4.14. The maximum absolute atomic E-state index is 13.9. The number of anilines is 2. The summed E-state index contributed by atoms with van der Waals surface area (Å²) in [6.07, 6.45) is 1.28. The van der Waals surface area contributed by atoms with Crippen LogP contribution in [0.2, 0.25) is 0 Å². The second kappa shape index (κ2) is 4.54. The van der Waals surface area contributed by atoms with Gasteiger partial charge in [-0.3, -0.25) is 0 Å². The monoisotopic (exact) mass is 285 g/mol. The topological polar surface area (TPSA) is 98.2 Å². The molecule has 0 saturated heterocycles. The summed E-state index contributed by atoms with van der Waals surface area (Å²) in [5.41, 5.74) is 6.32. The fourth-order valence-electron chi connectivity index (χ4n) is 1.53. The maximum atomic E-state index is 13.9. The molecule has 0 unspecified atom stereocenters. The van der Waals surface area contributed by atoms with E-state index in [1.807, 2.05) is 4.72 Å². The number of hydrogen-bond acceptors (Lipinski definition) is 5. The molecule has 19 heavy (non-hydrogen) atoms. The largest absolute Gasteiger partial charge is 0.431 e. The van der Waals surface area contributed by atoms with E-state index in [9.17, 15) is 12.8 Å². The predicted octanol–water partition coefficient (Wildman–Crippen LogP) is 1.81.